The first kappa shape index (κ1) is 17.0. The van der Waals surface area contributed by atoms with Crippen molar-refractivity contribution in [2.45, 2.75) is 32.4 Å². The van der Waals surface area contributed by atoms with Crippen molar-refractivity contribution in [2.75, 3.05) is 32.8 Å². The monoisotopic (exact) mass is 330 g/mol. The summed E-state index contributed by atoms with van der Waals surface area (Å²) in [5.74, 6) is 0. The minimum atomic E-state index is 0.0702. The highest BCUT2D eigenvalue weighted by Gasteiger charge is 2.30. The van der Waals surface area contributed by atoms with Crippen LogP contribution in [0.2, 0.25) is 10.0 Å². The Balaban J connectivity index is 2.19. The van der Waals surface area contributed by atoms with Crippen LogP contribution in [0.5, 0.6) is 0 Å². The lowest BCUT2D eigenvalue weighted by Crippen LogP contribution is -2.48. The molecule has 1 saturated heterocycles. The van der Waals surface area contributed by atoms with Gasteiger partial charge < -0.3 is 10.1 Å². The van der Waals surface area contributed by atoms with Crippen LogP contribution in [0.25, 0.3) is 0 Å². The van der Waals surface area contributed by atoms with E-state index in [0.29, 0.717) is 10.0 Å². The second-order valence-corrected chi connectivity index (χ2v) is 6.17. The first-order valence-corrected chi connectivity index (χ1v) is 8.44. The Morgan fingerprint density at radius 1 is 1.38 bits per heavy atom. The maximum absolute atomic E-state index is 6.40. The van der Waals surface area contributed by atoms with Crippen molar-refractivity contribution in [3.8, 4) is 0 Å². The highest BCUT2D eigenvalue weighted by molar-refractivity contribution is 6.42. The largest absolute Gasteiger partial charge is 0.374 e. The zero-order chi connectivity index (χ0) is 15.2. The van der Waals surface area contributed by atoms with Gasteiger partial charge in [0.2, 0.25) is 0 Å². The Labute approximate surface area is 137 Å². The van der Waals surface area contributed by atoms with Gasteiger partial charge >= 0.3 is 0 Å². The van der Waals surface area contributed by atoms with Gasteiger partial charge in [0.15, 0.2) is 0 Å². The van der Waals surface area contributed by atoms with Crippen LogP contribution in [0.15, 0.2) is 18.2 Å². The van der Waals surface area contributed by atoms with Crippen molar-refractivity contribution in [1.82, 2.24) is 10.2 Å². The number of hydrogen-bond acceptors (Lipinski definition) is 3. The van der Waals surface area contributed by atoms with Gasteiger partial charge in [0.05, 0.1) is 28.8 Å². The molecule has 1 aromatic rings. The SMILES string of the molecule is CCCN1CCOC(C(NCC)c2cccc(Cl)c2Cl)C1. The van der Waals surface area contributed by atoms with Crippen molar-refractivity contribution < 1.29 is 4.74 Å². The molecule has 5 heteroatoms. The first-order chi connectivity index (χ1) is 10.2. The van der Waals surface area contributed by atoms with Crippen LogP contribution in [0.4, 0.5) is 0 Å². The van der Waals surface area contributed by atoms with E-state index in [4.69, 9.17) is 27.9 Å². The Morgan fingerprint density at radius 2 is 2.19 bits per heavy atom. The molecule has 0 aromatic heterocycles. The molecule has 1 aliphatic rings. The van der Waals surface area contributed by atoms with Gasteiger partial charge in [-0.3, -0.25) is 4.90 Å². The molecule has 3 nitrogen and oxygen atoms in total. The Kier molecular flexibility index (Phi) is 6.77. The molecule has 0 aliphatic carbocycles. The molecular weight excluding hydrogens is 307 g/mol. The molecular formula is C16H24Cl2N2O. The van der Waals surface area contributed by atoms with E-state index < -0.39 is 0 Å². The summed E-state index contributed by atoms with van der Waals surface area (Å²) in [7, 11) is 0. The third-order valence-electron chi connectivity index (χ3n) is 3.83. The van der Waals surface area contributed by atoms with E-state index in [2.05, 4.69) is 24.1 Å². The van der Waals surface area contributed by atoms with E-state index in [9.17, 15) is 0 Å². The normalized spacial score (nSPS) is 21.4. The van der Waals surface area contributed by atoms with Gasteiger partial charge in [-0.25, -0.2) is 0 Å². The van der Waals surface area contributed by atoms with E-state index in [1.54, 1.807) is 0 Å². The predicted molar refractivity (Wildman–Crippen MR) is 89.4 cm³/mol. The van der Waals surface area contributed by atoms with Crippen LogP contribution in [0, 0.1) is 0 Å². The molecule has 2 unspecified atom stereocenters. The molecule has 2 rings (SSSR count). The number of ether oxygens (including phenoxy) is 1. The van der Waals surface area contributed by atoms with E-state index >= 15 is 0 Å². The van der Waals surface area contributed by atoms with Gasteiger partial charge in [-0.05, 0) is 31.1 Å². The van der Waals surface area contributed by atoms with Crippen LogP contribution in [-0.4, -0.2) is 43.8 Å². The number of likely N-dealkylation sites (N-methyl/N-ethyl adjacent to an activating group) is 1. The smallest absolute Gasteiger partial charge is 0.0897 e. The summed E-state index contributed by atoms with van der Waals surface area (Å²) in [5, 5.41) is 4.73. The maximum Gasteiger partial charge on any atom is 0.0897 e. The summed E-state index contributed by atoms with van der Waals surface area (Å²) >= 11 is 12.6. The molecule has 118 valence electrons. The van der Waals surface area contributed by atoms with E-state index in [0.717, 1.165) is 44.8 Å². The fraction of sp³-hybridized carbons (Fsp3) is 0.625. The zero-order valence-corrected chi connectivity index (χ0v) is 14.3. The lowest BCUT2D eigenvalue weighted by molar-refractivity contribution is -0.0468. The van der Waals surface area contributed by atoms with Crippen LogP contribution >= 0.6 is 23.2 Å². The molecule has 1 N–H and O–H groups in total. The number of benzene rings is 1. The van der Waals surface area contributed by atoms with Gasteiger partial charge in [-0.15, -0.1) is 0 Å². The van der Waals surface area contributed by atoms with Gasteiger partial charge in [0.1, 0.15) is 0 Å². The van der Waals surface area contributed by atoms with Crippen molar-refractivity contribution in [3.63, 3.8) is 0 Å². The van der Waals surface area contributed by atoms with Gasteiger partial charge in [-0.2, -0.15) is 0 Å². The predicted octanol–water partition coefficient (Wildman–Crippen LogP) is 3.75. The summed E-state index contributed by atoms with van der Waals surface area (Å²) in [6, 6.07) is 5.87. The average Bonchev–Trinajstić information content (AvgIpc) is 2.49. The number of morpholine rings is 1. The lowest BCUT2D eigenvalue weighted by atomic mass is 9.99. The zero-order valence-electron chi connectivity index (χ0n) is 12.7. The number of rotatable bonds is 6. The number of nitrogens with one attached hydrogen (secondary N) is 1. The summed E-state index contributed by atoms with van der Waals surface area (Å²) in [5.41, 5.74) is 1.02. The fourth-order valence-corrected chi connectivity index (χ4v) is 3.30. The molecule has 0 saturated carbocycles. The number of nitrogens with zero attached hydrogens (tertiary/aromatic N) is 1. The summed E-state index contributed by atoms with van der Waals surface area (Å²) < 4.78 is 6.01. The molecule has 1 aliphatic heterocycles. The topological polar surface area (TPSA) is 24.5 Å². The van der Waals surface area contributed by atoms with E-state index in [1.807, 2.05) is 18.2 Å². The van der Waals surface area contributed by atoms with Crippen molar-refractivity contribution in [1.29, 1.82) is 0 Å². The Morgan fingerprint density at radius 3 is 2.90 bits per heavy atom. The van der Waals surface area contributed by atoms with Crippen molar-refractivity contribution >= 4 is 23.2 Å². The second kappa shape index (κ2) is 8.35. The Bertz CT molecular complexity index is 454. The minimum Gasteiger partial charge on any atom is -0.374 e. The second-order valence-electron chi connectivity index (χ2n) is 5.39. The summed E-state index contributed by atoms with van der Waals surface area (Å²) in [6.45, 7) is 8.98. The number of halogens is 2. The van der Waals surface area contributed by atoms with Gasteiger partial charge in [-0.1, -0.05) is 49.2 Å². The van der Waals surface area contributed by atoms with Gasteiger partial charge in [0.25, 0.3) is 0 Å². The first-order valence-electron chi connectivity index (χ1n) is 7.68. The van der Waals surface area contributed by atoms with Crippen LogP contribution in [-0.2, 0) is 4.74 Å². The lowest BCUT2D eigenvalue weighted by Gasteiger charge is -2.37. The summed E-state index contributed by atoms with van der Waals surface area (Å²) in [4.78, 5) is 2.46. The standard InChI is InChI=1S/C16H24Cl2N2O/c1-3-8-20-9-10-21-14(11-20)16(19-4-2)12-6-5-7-13(17)15(12)18/h5-7,14,16,19H,3-4,8-11H2,1-2H3. The average molecular weight is 331 g/mol. The molecule has 1 heterocycles. The quantitative estimate of drug-likeness (QED) is 0.859. The maximum atomic E-state index is 6.40. The number of hydrogen-bond donors (Lipinski definition) is 1. The highest BCUT2D eigenvalue weighted by Crippen LogP contribution is 2.33. The van der Waals surface area contributed by atoms with Crippen molar-refractivity contribution in [2.24, 2.45) is 0 Å². The highest BCUT2D eigenvalue weighted by atomic mass is 35.5. The summed E-state index contributed by atoms with van der Waals surface area (Å²) in [6.07, 6.45) is 1.26. The molecule has 21 heavy (non-hydrogen) atoms. The minimum absolute atomic E-state index is 0.0702. The Hall–Kier alpha value is -0.320. The van der Waals surface area contributed by atoms with Crippen LogP contribution in [0.1, 0.15) is 31.9 Å². The van der Waals surface area contributed by atoms with E-state index in [-0.39, 0.29) is 12.1 Å². The third kappa shape index (κ3) is 4.33. The molecule has 0 radical (unpaired) electrons. The molecule has 0 spiro atoms. The van der Waals surface area contributed by atoms with Crippen LogP contribution in [0.3, 0.4) is 0 Å². The van der Waals surface area contributed by atoms with Crippen molar-refractivity contribution in [3.05, 3.63) is 33.8 Å². The van der Waals surface area contributed by atoms with Gasteiger partial charge in [0, 0.05) is 13.1 Å². The van der Waals surface area contributed by atoms with E-state index in [1.165, 1.54) is 0 Å². The molecule has 1 aromatic carbocycles. The third-order valence-corrected chi connectivity index (χ3v) is 4.66. The molecule has 2 atom stereocenters. The fourth-order valence-electron chi connectivity index (χ4n) is 2.87. The molecule has 0 amide bonds. The molecule has 0 bridgehead atoms. The molecule has 1 fully saturated rings. The van der Waals surface area contributed by atoms with Crippen LogP contribution < -0.4 is 5.32 Å².